The molecule has 0 aromatic carbocycles. The molecule has 11 nitrogen and oxygen atoms in total. The lowest BCUT2D eigenvalue weighted by atomic mass is 10.1. The number of urea groups is 1. The van der Waals surface area contributed by atoms with Crippen LogP contribution < -0.4 is 10.6 Å². The third kappa shape index (κ3) is 7.31. The summed E-state index contributed by atoms with van der Waals surface area (Å²) in [6, 6.07) is -2.17. The second-order valence-electron chi connectivity index (χ2n) is 6.35. The Hall–Kier alpha value is -2.15. The highest BCUT2D eigenvalue weighted by Gasteiger charge is 2.39. The van der Waals surface area contributed by atoms with Crippen LogP contribution in [0.1, 0.15) is 19.3 Å². The van der Waals surface area contributed by atoms with Gasteiger partial charge in [-0.25, -0.2) is 9.59 Å². The van der Waals surface area contributed by atoms with Crippen molar-refractivity contribution in [2.24, 2.45) is 0 Å². The molecule has 2 heterocycles. The summed E-state index contributed by atoms with van der Waals surface area (Å²) >= 11 is 3.67. The Bertz CT molecular complexity index is 611. The van der Waals surface area contributed by atoms with Crippen LogP contribution in [0.25, 0.3) is 0 Å². The fourth-order valence-corrected chi connectivity index (χ4v) is 6.33. The maximum Gasteiger partial charge on any atom is 0.326 e. The zero-order valence-corrected chi connectivity index (χ0v) is 17.1. The van der Waals surface area contributed by atoms with Crippen molar-refractivity contribution in [3.8, 4) is 0 Å². The molecule has 0 saturated carbocycles. The van der Waals surface area contributed by atoms with Gasteiger partial charge in [0.15, 0.2) is 6.23 Å². The number of likely N-dealkylation sites (tertiary alicyclic amines) is 1. The summed E-state index contributed by atoms with van der Waals surface area (Å²) in [5, 5.41) is 15.7. The number of carboxylic acid groups (broad SMARTS) is 1. The molecule has 13 heteroatoms. The van der Waals surface area contributed by atoms with E-state index in [0.717, 1.165) is 5.08 Å². The van der Waals surface area contributed by atoms with E-state index in [1.54, 1.807) is 4.90 Å². The number of nitrogens with zero attached hydrogens (tertiary/aromatic N) is 1. The Kier molecular flexibility index (Phi) is 9.38. The van der Waals surface area contributed by atoms with E-state index in [-0.39, 0.29) is 44.7 Å². The molecule has 162 valence electrons. The third-order valence-electron chi connectivity index (χ3n) is 4.46. The van der Waals surface area contributed by atoms with Gasteiger partial charge in [-0.15, -0.1) is 23.5 Å². The van der Waals surface area contributed by atoms with E-state index < -0.39 is 24.3 Å². The van der Waals surface area contributed by atoms with Gasteiger partial charge in [-0.1, -0.05) is 0 Å². The SMILES string of the molecule is O=COCC[C@H](NC(=O)N[C@@H](CCC(=O)N1CC2SCS[C@@H]2C1)C(=O)O)OC=O. The van der Waals surface area contributed by atoms with Gasteiger partial charge in [-0.05, 0) is 6.42 Å². The van der Waals surface area contributed by atoms with Gasteiger partial charge in [-0.2, -0.15) is 0 Å². The van der Waals surface area contributed by atoms with E-state index in [2.05, 4.69) is 20.1 Å². The second kappa shape index (κ2) is 11.8. The number of rotatable bonds is 12. The molecule has 2 saturated heterocycles. The number of carbonyl (C=O) groups excluding carboxylic acids is 4. The molecule has 4 atom stereocenters. The van der Waals surface area contributed by atoms with Gasteiger partial charge in [0.1, 0.15) is 6.04 Å². The van der Waals surface area contributed by atoms with Gasteiger partial charge in [0.25, 0.3) is 12.9 Å². The van der Waals surface area contributed by atoms with Crippen LogP contribution >= 0.6 is 23.5 Å². The number of ether oxygens (including phenoxy) is 2. The van der Waals surface area contributed by atoms with E-state index in [1.807, 2.05) is 23.5 Å². The fourth-order valence-electron chi connectivity index (χ4n) is 2.98. The maximum atomic E-state index is 12.4. The highest BCUT2D eigenvalue weighted by atomic mass is 32.2. The number of aliphatic carboxylic acids is 1. The van der Waals surface area contributed by atoms with Crippen LogP contribution in [0.2, 0.25) is 0 Å². The Balaban J connectivity index is 1.78. The number of carbonyl (C=O) groups is 5. The van der Waals surface area contributed by atoms with Gasteiger partial charge >= 0.3 is 12.0 Å². The van der Waals surface area contributed by atoms with Gasteiger partial charge in [-0.3, -0.25) is 14.4 Å². The number of fused-ring (bicyclic) bond motifs is 1. The summed E-state index contributed by atoms with van der Waals surface area (Å²) in [6.45, 7) is 1.55. The summed E-state index contributed by atoms with van der Waals surface area (Å²) in [5.74, 6) is -1.42. The van der Waals surface area contributed by atoms with E-state index in [0.29, 0.717) is 23.6 Å². The van der Waals surface area contributed by atoms with Crippen molar-refractivity contribution in [3.63, 3.8) is 0 Å². The Morgan fingerprint density at radius 2 is 1.79 bits per heavy atom. The fraction of sp³-hybridized carbons (Fsp3) is 0.688. The first-order valence-electron chi connectivity index (χ1n) is 8.89. The molecule has 2 aliphatic heterocycles. The van der Waals surface area contributed by atoms with Crippen LogP contribution in [0.4, 0.5) is 4.79 Å². The molecule has 2 fully saturated rings. The average molecular weight is 450 g/mol. The van der Waals surface area contributed by atoms with Crippen molar-refractivity contribution in [1.82, 2.24) is 15.5 Å². The third-order valence-corrected chi connectivity index (χ3v) is 7.53. The number of amides is 3. The van der Waals surface area contributed by atoms with Crippen LogP contribution in [-0.4, -0.2) is 88.4 Å². The van der Waals surface area contributed by atoms with E-state index in [9.17, 15) is 29.1 Å². The monoisotopic (exact) mass is 449 g/mol. The van der Waals surface area contributed by atoms with Crippen molar-refractivity contribution in [2.75, 3.05) is 24.8 Å². The Morgan fingerprint density at radius 3 is 2.38 bits per heavy atom. The number of carboxylic acids is 1. The lowest BCUT2D eigenvalue weighted by Gasteiger charge is -2.21. The molecule has 2 rings (SSSR count). The molecule has 3 amide bonds. The summed E-state index contributed by atoms with van der Waals surface area (Å²) in [6.07, 6.45) is -1.18. The smallest absolute Gasteiger partial charge is 0.326 e. The van der Waals surface area contributed by atoms with Crippen LogP contribution in [0.3, 0.4) is 0 Å². The highest BCUT2D eigenvalue weighted by molar-refractivity contribution is 8.19. The predicted octanol–water partition coefficient (Wildman–Crippen LogP) is -0.402. The minimum atomic E-state index is -1.28. The minimum Gasteiger partial charge on any atom is -0.480 e. The normalized spacial score (nSPS) is 22.1. The first-order chi connectivity index (χ1) is 13.9. The topological polar surface area (TPSA) is 151 Å². The molecule has 0 aliphatic carbocycles. The Morgan fingerprint density at radius 1 is 1.10 bits per heavy atom. The molecule has 2 aliphatic rings. The van der Waals surface area contributed by atoms with Crippen molar-refractivity contribution in [2.45, 2.75) is 42.0 Å². The number of hydrogen-bond donors (Lipinski definition) is 3. The lowest BCUT2D eigenvalue weighted by molar-refractivity contribution is -0.140. The number of nitrogens with one attached hydrogen (secondary N) is 2. The van der Waals surface area contributed by atoms with Crippen molar-refractivity contribution >= 4 is 54.4 Å². The summed E-state index contributed by atoms with van der Waals surface area (Å²) < 4.78 is 9.11. The molecule has 29 heavy (non-hydrogen) atoms. The maximum absolute atomic E-state index is 12.4. The zero-order valence-electron chi connectivity index (χ0n) is 15.5. The molecular weight excluding hydrogens is 426 g/mol. The molecule has 1 unspecified atom stereocenters. The zero-order chi connectivity index (χ0) is 21.2. The van der Waals surface area contributed by atoms with Gasteiger partial charge in [0, 0.05) is 41.5 Å². The van der Waals surface area contributed by atoms with Gasteiger partial charge in [0.05, 0.1) is 6.61 Å². The van der Waals surface area contributed by atoms with Crippen molar-refractivity contribution < 1.29 is 38.6 Å². The molecule has 3 N–H and O–H groups in total. The summed E-state index contributed by atoms with van der Waals surface area (Å²) in [5.41, 5.74) is 0. The van der Waals surface area contributed by atoms with Gasteiger partial charge in [0.2, 0.25) is 5.91 Å². The van der Waals surface area contributed by atoms with Crippen molar-refractivity contribution in [3.05, 3.63) is 0 Å². The average Bonchev–Trinajstić information content (AvgIpc) is 3.27. The summed E-state index contributed by atoms with van der Waals surface area (Å²) in [7, 11) is 0. The first kappa shape index (κ1) is 23.1. The quantitative estimate of drug-likeness (QED) is 0.204. The standard InChI is InChI=1S/C16H23N3O8S2/c20-7-26-4-3-13(27-8-21)18-16(25)17-10(15(23)24)1-2-14(22)19-5-11-12(6-19)29-9-28-11/h7-8,10-13H,1-6,9H2,(H,23,24)(H2,17,18,25)/t10-,11+,12?,13+/m0/s1. The van der Waals surface area contributed by atoms with Crippen molar-refractivity contribution in [1.29, 1.82) is 0 Å². The van der Waals surface area contributed by atoms with E-state index >= 15 is 0 Å². The first-order valence-corrected chi connectivity index (χ1v) is 11.0. The molecule has 0 aromatic heterocycles. The second-order valence-corrected chi connectivity index (χ2v) is 9.17. The van der Waals surface area contributed by atoms with E-state index in [4.69, 9.17) is 0 Å². The Labute approximate surface area is 175 Å². The van der Waals surface area contributed by atoms with Crippen LogP contribution in [0, 0.1) is 0 Å². The predicted molar refractivity (Wildman–Crippen MR) is 104 cm³/mol. The van der Waals surface area contributed by atoms with Crippen LogP contribution in [-0.2, 0) is 28.7 Å². The molecular formula is C16H23N3O8S2. The van der Waals surface area contributed by atoms with Crippen LogP contribution in [0.15, 0.2) is 0 Å². The summed E-state index contributed by atoms with van der Waals surface area (Å²) in [4.78, 5) is 58.2. The largest absolute Gasteiger partial charge is 0.480 e. The van der Waals surface area contributed by atoms with Gasteiger partial charge < -0.3 is 30.1 Å². The van der Waals surface area contributed by atoms with Crippen LogP contribution in [0.5, 0.6) is 0 Å². The van der Waals surface area contributed by atoms with E-state index in [1.165, 1.54) is 0 Å². The molecule has 0 radical (unpaired) electrons. The molecule has 0 aromatic rings. The number of hydrogen-bond acceptors (Lipinski definition) is 9. The number of thioether (sulfide) groups is 2. The molecule has 0 spiro atoms. The molecule has 0 bridgehead atoms. The lowest BCUT2D eigenvalue weighted by Crippen LogP contribution is -2.50. The minimum absolute atomic E-state index is 0.00551. The highest BCUT2D eigenvalue weighted by Crippen LogP contribution is 2.41.